The first-order valence-corrected chi connectivity index (χ1v) is 8.66. The molecule has 1 aromatic carbocycles. The fourth-order valence-corrected chi connectivity index (χ4v) is 2.78. The summed E-state index contributed by atoms with van der Waals surface area (Å²) in [5.74, 6) is 0.235. The standard InChI is InChI=1S/C20H21N3O3/c21-19(24)15-8-5-9-17(12-15)26-18-11-10-16(13-22-18)23-20(25)14-6-3-1-2-4-7-14/h5-6,8-13H,1-4,7H2,(H2,21,24)(H,23,25). The maximum absolute atomic E-state index is 12.3. The van der Waals surface area contributed by atoms with Crippen LogP contribution in [0.25, 0.3) is 0 Å². The zero-order valence-electron chi connectivity index (χ0n) is 14.4. The molecule has 6 nitrogen and oxygen atoms in total. The molecule has 0 radical (unpaired) electrons. The third-order valence-corrected chi connectivity index (χ3v) is 4.17. The van der Waals surface area contributed by atoms with Crippen molar-refractivity contribution in [3.63, 3.8) is 0 Å². The predicted molar refractivity (Wildman–Crippen MR) is 99.1 cm³/mol. The van der Waals surface area contributed by atoms with Crippen molar-refractivity contribution in [1.82, 2.24) is 4.98 Å². The van der Waals surface area contributed by atoms with Crippen LogP contribution in [0, 0.1) is 0 Å². The molecule has 3 rings (SSSR count). The van der Waals surface area contributed by atoms with Crippen molar-refractivity contribution in [2.24, 2.45) is 5.73 Å². The molecular weight excluding hydrogens is 330 g/mol. The summed E-state index contributed by atoms with van der Waals surface area (Å²) in [5.41, 5.74) is 7.07. The van der Waals surface area contributed by atoms with Gasteiger partial charge < -0.3 is 15.8 Å². The van der Waals surface area contributed by atoms with E-state index in [0.29, 0.717) is 22.9 Å². The monoisotopic (exact) mass is 351 g/mol. The van der Waals surface area contributed by atoms with E-state index in [9.17, 15) is 9.59 Å². The highest BCUT2D eigenvalue weighted by molar-refractivity contribution is 6.03. The van der Waals surface area contributed by atoms with Gasteiger partial charge in [-0.3, -0.25) is 9.59 Å². The van der Waals surface area contributed by atoms with Gasteiger partial charge in [0, 0.05) is 17.2 Å². The summed E-state index contributed by atoms with van der Waals surface area (Å²) in [7, 11) is 0. The highest BCUT2D eigenvalue weighted by Crippen LogP contribution is 2.22. The van der Waals surface area contributed by atoms with Crippen LogP contribution in [0.1, 0.15) is 42.5 Å². The second-order valence-corrected chi connectivity index (χ2v) is 6.16. The quantitative estimate of drug-likeness (QED) is 0.856. The molecule has 1 aromatic heterocycles. The van der Waals surface area contributed by atoms with E-state index < -0.39 is 5.91 Å². The Morgan fingerprint density at radius 3 is 2.77 bits per heavy atom. The molecule has 1 aliphatic carbocycles. The van der Waals surface area contributed by atoms with Crippen molar-refractivity contribution >= 4 is 17.5 Å². The molecule has 0 saturated heterocycles. The number of allylic oxidation sites excluding steroid dienone is 1. The van der Waals surface area contributed by atoms with Gasteiger partial charge in [0.15, 0.2) is 0 Å². The van der Waals surface area contributed by atoms with E-state index in [0.717, 1.165) is 37.7 Å². The average Bonchev–Trinajstić information content (AvgIpc) is 2.93. The Kier molecular flexibility index (Phi) is 5.63. The average molecular weight is 351 g/mol. The van der Waals surface area contributed by atoms with Crippen LogP contribution in [0.15, 0.2) is 54.2 Å². The van der Waals surface area contributed by atoms with E-state index in [-0.39, 0.29) is 5.91 Å². The number of hydrogen-bond acceptors (Lipinski definition) is 4. The first kappa shape index (κ1) is 17.7. The lowest BCUT2D eigenvalue weighted by atomic mass is 10.1. The van der Waals surface area contributed by atoms with Gasteiger partial charge in [-0.2, -0.15) is 0 Å². The van der Waals surface area contributed by atoms with Crippen molar-refractivity contribution < 1.29 is 14.3 Å². The zero-order chi connectivity index (χ0) is 18.4. The lowest BCUT2D eigenvalue weighted by molar-refractivity contribution is -0.113. The van der Waals surface area contributed by atoms with Crippen LogP contribution in [0.4, 0.5) is 5.69 Å². The molecule has 0 bridgehead atoms. The maximum Gasteiger partial charge on any atom is 0.251 e. The highest BCUT2D eigenvalue weighted by atomic mass is 16.5. The molecule has 0 unspecified atom stereocenters. The number of carbonyl (C=O) groups excluding carboxylic acids is 2. The topological polar surface area (TPSA) is 94.3 Å². The third-order valence-electron chi connectivity index (χ3n) is 4.17. The van der Waals surface area contributed by atoms with Crippen LogP contribution in [0.5, 0.6) is 11.6 Å². The number of pyridine rings is 1. The first-order valence-electron chi connectivity index (χ1n) is 8.66. The number of carbonyl (C=O) groups is 2. The molecule has 2 amide bonds. The number of rotatable bonds is 5. The van der Waals surface area contributed by atoms with Crippen LogP contribution >= 0.6 is 0 Å². The highest BCUT2D eigenvalue weighted by Gasteiger charge is 2.12. The maximum atomic E-state index is 12.3. The Hall–Kier alpha value is -3.15. The number of anilines is 1. The number of amides is 2. The lowest BCUT2D eigenvalue weighted by Crippen LogP contribution is -2.14. The molecule has 0 aliphatic heterocycles. The Bertz CT molecular complexity index is 828. The summed E-state index contributed by atoms with van der Waals surface area (Å²) in [6, 6.07) is 9.96. The van der Waals surface area contributed by atoms with E-state index in [1.54, 1.807) is 42.6 Å². The van der Waals surface area contributed by atoms with Crippen molar-refractivity contribution in [1.29, 1.82) is 0 Å². The molecule has 0 spiro atoms. The number of aromatic nitrogens is 1. The van der Waals surface area contributed by atoms with E-state index in [1.807, 2.05) is 6.08 Å². The van der Waals surface area contributed by atoms with Crippen LogP contribution in [0.3, 0.4) is 0 Å². The number of primary amides is 1. The predicted octanol–water partition coefficient (Wildman–Crippen LogP) is 3.80. The van der Waals surface area contributed by atoms with Crippen LogP contribution < -0.4 is 15.8 Å². The van der Waals surface area contributed by atoms with Gasteiger partial charge in [0.25, 0.3) is 5.91 Å². The van der Waals surface area contributed by atoms with Crippen molar-refractivity contribution in [3.05, 3.63) is 59.8 Å². The summed E-state index contributed by atoms with van der Waals surface area (Å²) >= 11 is 0. The minimum atomic E-state index is -0.519. The van der Waals surface area contributed by atoms with Crippen molar-refractivity contribution in [2.45, 2.75) is 32.1 Å². The number of ether oxygens (including phenoxy) is 1. The van der Waals surface area contributed by atoms with Crippen LogP contribution in [-0.4, -0.2) is 16.8 Å². The van der Waals surface area contributed by atoms with Crippen molar-refractivity contribution in [2.75, 3.05) is 5.32 Å². The Labute approximate surface area is 152 Å². The summed E-state index contributed by atoms with van der Waals surface area (Å²) in [6.07, 6.45) is 8.70. The SMILES string of the molecule is NC(=O)c1cccc(Oc2ccc(NC(=O)C3=CCCCCC3)cn2)c1. The number of hydrogen-bond donors (Lipinski definition) is 2. The van der Waals surface area contributed by atoms with Gasteiger partial charge >= 0.3 is 0 Å². The molecule has 0 fully saturated rings. The molecule has 134 valence electrons. The lowest BCUT2D eigenvalue weighted by Gasteiger charge is -2.09. The van der Waals surface area contributed by atoms with Gasteiger partial charge in [-0.15, -0.1) is 0 Å². The first-order chi connectivity index (χ1) is 12.6. The molecule has 3 N–H and O–H groups in total. The minimum absolute atomic E-state index is 0.0727. The Morgan fingerprint density at radius 2 is 2.00 bits per heavy atom. The summed E-state index contributed by atoms with van der Waals surface area (Å²) in [4.78, 5) is 27.7. The van der Waals surface area contributed by atoms with Gasteiger partial charge in [0.1, 0.15) is 5.75 Å². The van der Waals surface area contributed by atoms with Crippen LogP contribution in [0.2, 0.25) is 0 Å². The second-order valence-electron chi connectivity index (χ2n) is 6.16. The molecule has 2 aromatic rings. The Balaban J connectivity index is 1.63. The fraction of sp³-hybridized carbons (Fsp3) is 0.250. The number of nitrogens with zero attached hydrogens (tertiary/aromatic N) is 1. The smallest absolute Gasteiger partial charge is 0.251 e. The normalized spacial score (nSPS) is 14.1. The molecule has 1 heterocycles. The molecular formula is C20H21N3O3. The molecule has 0 atom stereocenters. The summed E-state index contributed by atoms with van der Waals surface area (Å²) < 4.78 is 5.62. The van der Waals surface area contributed by atoms with Gasteiger partial charge in [0.05, 0.1) is 11.9 Å². The number of nitrogens with one attached hydrogen (secondary N) is 1. The second kappa shape index (κ2) is 8.29. The molecule has 0 saturated carbocycles. The van der Waals surface area contributed by atoms with Gasteiger partial charge in [-0.25, -0.2) is 4.98 Å². The van der Waals surface area contributed by atoms with E-state index >= 15 is 0 Å². The van der Waals surface area contributed by atoms with E-state index in [1.165, 1.54) is 0 Å². The van der Waals surface area contributed by atoms with E-state index in [4.69, 9.17) is 10.5 Å². The molecule has 26 heavy (non-hydrogen) atoms. The number of nitrogens with two attached hydrogens (primary N) is 1. The summed E-state index contributed by atoms with van der Waals surface area (Å²) in [6.45, 7) is 0. The Morgan fingerprint density at radius 1 is 1.12 bits per heavy atom. The summed E-state index contributed by atoms with van der Waals surface area (Å²) in [5, 5.41) is 2.87. The zero-order valence-corrected chi connectivity index (χ0v) is 14.4. The molecule has 6 heteroatoms. The van der Waals surface area contributed by atoms with Gasteiger partial charge in [-0.1, -0.05) is 18.6 Å². The van der Waals surface area contributed by atoms with Crippen molar-refractivity contribution in [3.8, 4) is 11.6 Å². The fourth-order valence-electron chi connectivity index (χ4n) is 2.78. The largest absolute Gasteiger partial charge is 0.439 e. The molecule has 1 aliphatic rings. The number of benzene rings is 1. The van der Waals surface area contributed by atoms with Gasteiger partial charge in [-0.05, 0) is 49.9 Å². The van der Waals surface area contributed by atoms with Gasteiger partial charge in [0.2, 0.25) is 11.8 Å². The van der Waals surface area contributed by atoms with Crippen LogP contribution in [-0.2, 0) is 4.79 Å². The van der Waals surface area contributed by atoms with E-state index in [2.05, 4.69) is 10.3 Å². The third kappa shape index (κ3) is 4.69. The minimum Gasteiger partial charge on any atom is -0.439 e.